The highest BCUT2D eigenvalue weighted by atomic mass is 16.5. The van der Waals surface area contributed by atoms with Crippen LogP contribution in [0.25, 0.3) is 0 Å². The molecule has 1 N–H and O–H groups in total. The quantitative estimate of drug-likeness (QED) is 0.786. The van der Waals surface area contributed by atoms with E-state index in [1.165, 1.54) is 5.56 Å². The molecule has 4 heteroatoms. The summed E-state index contributed by atoms with van der Waals surface area (Å²) >= 11 is 0. The number of carbonyl (C=O) groups is 1. The number of hydrogen-bond donors (Lipinski definition) is 1. The number of aliphatic hydroxyl groups is 1. The molecule has 0 radical (unpaired) electrons. The van der Waals surface area contributed by atoms with Crippen LogP contribution in [0.2, 0.25) is 0 Å². The van der Waals surface area contributed by atoms with Crippen molar-refractivity contribution in [2.75, 3.05) is 20.2 Å². The molecule has 1 aromatic carbocycles. The molecule has 23 heavy (non-hydrogen) atoms. The van der Waals surface area contributed by atoms with Gasteiger partial charge in [0, 0.05) is 19.5 Å². The molecule has 128 valence electrons. The van der Waals surface area contributed by atoms with Gasteiger partial charge in [0.15, 0.2) is 0 Å². The van der Waals surface area contributed by atoms with Crippen LogP contribution >= 0.6 is 0 Å². The van der Waals surface area contributed by atoms with Crippen molar-refractivity contribution in [1.29, 1.82) is 0 Å². The monoisotopic (exact) mass is 319 g/mol. The molecule has 1 aliphatic rings. The molecule has 0 unspecified atom stereocenters. The number of hydrogen-bond acceptors (Lipinski definition) is 3. The molecule has 1 amide bonds. The third kappa shape index (κ3) is 5.54. The van der Waals surface area contributed by atoms with Crippen LogP contribution in [0.3, 0.4) is 0 Å². The number of carbonyl (C=O) groups excluding carboxylic acids is 1. The minimum atomic E-state index is -0.305. The lowest BCUT2D eigenvalue weighted by molar-refractivity contribution is -0.136. The summed E-state index contributed by atoms with van der Waals surface area (Å²) in [6, 6.07) is 8.14. The van der Waals surface area contributed by atoms with Crippen LogP contribution in [-0.4, -0.2) is 42.2 Å². The van der Waals surface area contributed by atoms with E-state index in [0.717, 1.165) is 37.9 Å². The summed E-state index contributed by atoms with van der Waals surface area (Å²) in [5.41, 5.74) is 1.27. The predicted molar refractivity (Wildman–Crippen MR) is 91.5 cm³/mol. The molecular weight excluding hydrogens is 290 g/mol. The molecule has 0 spiro atoms. The summed E-state index contributed by atoms with van der Waals surface area (Å²) < 4.78 is 5.76. The fourth-order valence-corrected chi connectivity index (χ4v) is 3.16. The number of amides is 1. The Hall–Kier alpha value is -1.55. The number of aryl methyl sites for hydroxylation is 1. The van der Waals surface area contributed by atoms with E-state index in [9.17, 15) is 9.90 Å². The molecule has 0 saturated heterocycles. The molecule has 2 atom stereocenters. The van der Waals surface area contributed by atoms with E-state index < -0.39 is 0 Å². The zero-order valence-electron chi connectivity index (χ0n) is 14.3. The number of rotatable bonds is 7. The van der Waals surface area contributed by atoms with Gasteiger partial charge in [-0.3, -0.25) is 4.79 Å². The van der Waals surface area contributed by atoms with Gasteiger partial charge in [0.1, 0.15) is 5.75 Å². The Morgan fingerprint density at radius 1 is 1.39 bits per heavy atom. The molecule has 2 rings (SSSR count). The molecule has 0 aliphatic heterocycles. The third-order valence-electron chi connectivity index (χ3n) is 4.59. The van der Waals surface area contributed by atoms with E-state index in [-0.39, 0.29) is 17.9 Å². The second kappa shape index (κ2) is 8.92. The maximum atomic E-state index is 12.4. The number of nitrogens with zero attached hydrogens (tertiary/aromatic N) is 1. The third-order valence-corrected chi connectivity index (χ3v) is 4.59. The van der Waals surface area contributed by atoms with Crippen LogP contribution in [0.1, 0.15) is 44.6 Å². The molecule has 0 aromatic heterocycles. The molecule has 4 nitrogen and oxygen atoms in total. The Kier molecular flexibility index (Phi) is 6.90. The Bertz CT molecular complexity index is 503. The van der Waals surface area contributed by atoms with Crippen molar-refractivity contribution in [3.05, 3.63) is 29.8 Å². The van der Waals surface area contributed by atoms with Crippen LogP contribution < -0.4 is 4.74 Å². The summed E-state index contributed by atoms with van der Waals surface area (Å²) in [5.74, 6) is 1.05. The van der Waals surface area contributed by atoms with Crippen LogP contribution in [0, 0.1) is 5.92 Å². The normalized spacial score (nSPS) is 21.0. The number of ether oxygens (including phenoxy) is 1. The van der Waals surface area contributed by atoms with Crippen molar-refractivity contribution < 1.29 is 14.6 Å². The van der Waals surface area contributed by atoms with E-state index >= 15 is 0 Å². The highest BCUT2D eigenvalue weighted by Crippen LogP contribution is 2.25. The first-order chi connectivity index (χ1) is 11.1. The zero-order chi connectivity index (χ0) is 16.7. The number of benzene rings is 1. The Morgan fingerprint density at radius 2 is 2.22 bits per heavy atom. The number of aliphatic hydroxyl groups excluding tert-OH is 1. The van der Waals surface area contributed by atoms with Crippen LogP contribution in [0.15, 0.2) is 24.3 Å². The maximum absolute atomic E-state index is 12.4. The van der Waals surface area contributed by atoms with Gasteiger partial charge in [0.05, 0.1) is 12.7 Å². The van der Waals surface area contributed by atoms with E-state index in [1.807, 2.05) is 19.2 Å². The highest BCUT2D eigenvalue weighted by Gasteiger charge is 2.27. The van der Waals surface area contributed by atoms with Gasteiger partial charge in [-0.1, -0.05) is 25.5 Å². The van der Waals surface area contributed by atoms with Gasteiger partial charge >= 0.3 is 0 Å². The Labute approximate surface area is 139 Å². The summed E-state index contributed by atoms with van der Waals surface area (Å²) in [5, 5.41) is 9.70. The Morgan fingerprint density at radius 3 is 2.96 bits per heavy atom. The first-order valence-corrected chi connectivity index (χ1v) is 8.75. The predicted octanol–water partition coefficient (Wildman–Crippen LogP) is 3.03. The van der Waals surface area contributed by atoms with E-state index in [0.29, 0.717) is 19.6 Å². The van der Waals surface area contributed by atoms with E-state index in [4.69, 9.17) is 4.74 Å². The average molecular weight is 319 g/mol. The summed E-state index contributed by atoms with van der Waals surface area (Å²) in [6.45, 7) is 3.43. The molecule has 1 saturated carbocycles. The zero-order valence-corrected chi connectivity index (χ0v) is 14.3. The standard InChI is InChI=1S/C19H29NO3/c1-3-15-7-4-10-18(13-15)23-12-6-11-20(2)19(22)16-8-5-9-17(21)14-16/h4,7,10,13,16-17,21H,3,5-6,8-9,11-12,14H2,1-2H3/t16-,17-/m0/s1. The first kappa shape index (κ1) is 17.8. The van der Waals surface area contributed by atoms with Crippen molar-refractivity contribution >= 4 is 5.91 Å². The van der Waals surface area contributed by atoms with Crippen LogP contribution in [0.5, 0.6) is 5.75 Å². The van der Waals surface area contributed by atoms with Crippen LogP contribution in [-0.2, 0) is 11.2 Å². The van der Waals surface area contributed by atoms with Crippen molar-refractivity contribution in [3.8, 4) is 5.75 Å². The van der Waals surface area contributed by atoms with Gasteiger partial charge in [0.2, 0.25) is 5.91 Å². The average Bonchev–Trinajstić information content (AvgIpc) is 2.58. The van der Waals surface area contributed by atoms with Gasteiger partial charge in [-0.15, -0.1) is 0 Å². The van der Waals surface area contributed by atoms with E-state index in [2.05, 4.69) is 19.1 Å². The minimum absolute atomic E-state index is 0.00842. The van der Waals surface area contributed by atoms with Gasteiger partial charge in [-0.05, 0) is 49.8 Å². The fraction of sp³-hybridized carbons (Fsp3) is 0.632. The highest BCUT2D eigenvalue weighted by molar-refractivity contribution is 5.78. The fourth-order valence-electron chi connectivity index (χ4n) is 3.16. The molecule has 0 heterocycles. The lowest BCUT2D eigenvalue weighted by Crippen LogP contribution is -2.37. The lowest BCUT2D eigenvalue weighted by Gasteiger charge is -2.28. The molecule has 1 aromatic rings. The second-order valence-electron chi connectivity index (χ2n) is 6.48. The van der Waals surface area contributed by atoms with Crippen molar-refractivity contribution in [2.45, 2.75) is 51.6 Å². The minimum Gasteiger partial charge on any atom is -0.494 e. The summed E-state index contributed by atoms with van der Waals surface area (Å²) in [6.07, 6.45) is 4.81. The largest absolute Gasteiger partial charge is 0.494 e. The van der Waals surface area contributed by atoms with Gasteiger partial charge in [0.25, 0.3) is 0 Å². The summed E-state index contributed by atoms with van der Waals surface area (Å²) in [4.78, 5) is 14.2. The van der Waals surface area contributed by atoms with Crippen molar-refractivity contribution in [3.63, 3.8) is 0 Å². The van der Waals surface area contributed by atoms with Gasteiger partial charge in [-0.2, -0.15) is 0 Å². The molecule has 1 aliphatic carbocycles. The smallest absolute Gasteiger partial charge is 0.225 e. The van der Waals surface area contributed by atoms with Crippen LogP contribution in [0.4, 0.5) is 0 Å². The Balaban J connectivity index is 1.69. The van der Waals surface area contributed by atoms with Crippen molar-refractivity contribution in [1.82, 2.24) is 4.90 Å². The van der Waals surface area contributed by atoms with Gasteiger partial charge in [-0.25, -0.2) is 0 Å². The van der Waals surface area contributed by atoms with E-state index in [1.54, 1.807) is 4.90 Å². The first-order valence-electron chi connectivity index (χ1n) is 8.75. The second-order valence-corrected chi connectivity index (χ2v) is 6.48. The molecule has 0 bridgehead atoms. The maximum Gasteiger partial charge on any atom is 0.225 e. The van der Waals surface area contributed by atoms with Crippen molar-refractivity contribution in [2.24, 2.45) is 5.92 Å². The molecular formula is C19H29NO3. The topological polar surface area (TPSA) is 49.8 Å². The lowest BCUT2D eigenvalue weighted by atomic mass is 9.86. The molecule has 1 fully saturated rings. The van der Waals surface area contributed by atoms with Gasteiger partial charge < -0.3 is 14.7 Å². The SMILES string of the molecule is CCc1cccc(OCCCN(C)C(=O)[C@H]2CCC[C@H](O)C2)c1. The summed E-state index contributed by atoms with van der Waals surface area (Å²) in [7, 11) is 1.85.